The van der Waals surface area contributed by atoms with Crippen LogP contribution in [0.2, 0.25) is 0 Å². The lowest BCUT2D eigenvalue weighted by atomic mass is 9.53. The molecule has 9 rings (SSSR count). The molecule has 1 aliphatic heterocycles. The third-order valence-electron chi connectivity index (χ3n) is 10.5. The first-order valence-electron chi connectivity index (χ1n) is 15.4. The van der Waals surface area contributed by atoms with Gasteiger partial charge in [0.25, 0.3) is 0 Å². The molecule has 0 N–H and O–H groups in total. The van der Waals surface area contributed by atoms with Crippen molar-refractivity contribution in [2.75, 3.05) is 24.7 Å². The quantitative estimate of drug-likeness (QED) is 0.319. The van der Waals surface area contributed by atoms with Crippen LogP contribution in [0.3, 0.4) is 0 Å². The number of aromatic nitrogens is 3. The average molecular weight is 543 g/mol. The van der Waals surface area contributed by atoms with Crippen LogP contribution in [0.1, 0.15) is 106 Å². The number of carbonyl (C=O) groups is 1. The van der Waals surface area contributed by atoms with E-state index in [1.165, 1.54) is 25.7 Å². The number of fused-ring (bicyclic) bond motifs is 3. The van der Waals surface area contributed by atoms with Gasteiger partial charge in [-0.05, 0) is 94.6 Å². The average Bonchev–Trinajstić information content (AvgIpc) is 3.95. The number of hydrogen-bond acceptors (Lipinski definition) is 7. The van der Waals surface area contributed by atoms with Gasteiger partial charge in [0.15, 0.2) is 5.82 Å². The molecule has 1 amide bonds. The van der Waals surface area contributed by atoms with Gasteiger partial charge >= 0.3 is 0 Å². The van der Waals surface area contributed by atoms with Crippen LogP contribution in [0.15, 0.2) is 39.4 Å². The van der Waals surface area contributed by atoms with Crippen LogP contribution >= 0.6 is 0 Å². The highest BCUT2D eigenvalue weighted by molar-refractivity contribution is 5.95. The van der Waals surface area contributed by atoms with Gasteiger partial charge in [0.05, 0.1) is 0 Å². The summed E-state index contributed by atoms with van der Waals surface area (Å²) < 4.78 is 17.1. The van der Waals surface area contributed by atoms with E-state index in [-0.39, 0.29) is 22.7 Å². The van der Waals surface area contributed by atoms with Crippen molar-refractivity contribution in [3.63, 3.8) is 0 Å². The van der Waals surface area contributed by atoms with Crippen molar-refractivity contribution in [1.29, 1.82) is 0 Å². The molecule has 1 saturated heterocycles. The van der Waals surface area contributed by atoms with E-state index in [1.54, 1.807) is 0 Å². The predicted molar refractivity (Wildman–Crippen MR) is 148 cm³/mol. The van der Waals surface area contributed by atoms with Crippen LogP contribution in [-0.2, 0) is 14.9 Å². The van der Waals surface area contributed by atoms with E-state index in [2.05, 4.69) is 45.5 Å². The zero-order valence-electron chi connectivity index (χ0n) is 23.1. The molecule has 8 heteroatoms. The van der Waals surface area contributed by atoms with E-state index in [0.717, 1.165) is 92.3 Å². The minimum atomic E-state index is 0.00726. The molecule has 5 aliphatic carbocycles. The Morgan fingerprint density at radius 1 is 0.875 bits per heavy atom. The second-order valence-corrected chi connectivity index (χ2v) is 13.3. The summed E-state index contributed by atoms with van der Waals surface area (Å²) in [5.74, 6) is 4.04. The van der Waals surface area contributed by atoms with E-state index in [4.69, 9.17) is 18.8 Å². The number of hydrogen-bond donors (Lipinski definition) is 0. The number of benzene rings is 1. The first kappa shape index (κ1) is 24.8. The molecule has 6 fully saturated rings. The number of anilines is 1. The lowest BCUT2D eigenvalue weighted by Gasteiger charge is -2.53. The maximum atomic E-state index is 14.2. The van der Waals surface area contributed by atoms with Crippen molar-refractivity contribution in [1.82, 2.24) is 15.3 Å². The first-order valence-corrected chi connectivity index (χ1v) is 15.4. The normalized spacial score (nSPS) is 28.6. The Morgan fingerprint density at radius 3 is 2.35 bits per heavy atom. The van der Waals surface area contributed by atoms with Gasteiger partial charge in [0, 0.05) is 60.2 Å². The third kappa shape index (κ3) is 4.48. The second-order valence-electron chi connectivity index (χ2n) is 13.3. The van der Waals surface area contributed by atoms with Crippen LogP contribution in [0.4, 0.5) is 5.69 Å². The number of nitrogens with zero attached hydrogens (tertiary/aromatic N) is 4. The molecule has 6 aliphatic rings. The molecule has 210 valence electrons. The van der Waals surface area contributed by atoms with Gasteiger partial charge in [-0.25, -0.2) is 0 Å². The summed E-state index contributed by atoms with van der Waals surface area (Å²) in [7, 11) is 0. The van der Waals surface area contributed by atoms with Crippen molar-refractivity contribution >= 4 is 11.6 Å². The van der Waals surface area contributed by atoms with Gasteiger partial charge in [-0.3, -0.25) is 4.79 Å². The molecule has 3 heterocycles. The van der Waals surface area contributed by atoms with Crippen LogP contribution in [-0.4, -0.2) is 41.0 Å². The second kappa shape index (κ2) is 9.54. The fourth-order valence-corrected chi connectivity index (χ4v) is 7.39. The van der Waals surface area contributed by atoms with E-state index < -0.39 is 0 Å². The first-order chi connectivity index (χ1) is 19.6. The van der Waals surface area contributed by atoms with Crippen molar-refractivity contribution in [2.45, 2.75) is 94.3 Å². The van der Waals surface area contributed by atoms with Gasteiger partial charge in [-0.2, -0.15) is 4.98 Å². The maximum Gasteiger partial charge on any atom is 0.232 e. The SMILES string of the molecule is O=C(C1CCOCC1)N(CC12CCC(c3nc(C4CC4)no3)(CC1)CC2)c1cccc(-c2cc(C3CC3)on2)c1. The van der Waals surface area contributed by atoms with E-state index in [0.29, 0.717) is 25.0 Å². The summed E-state index contributed by atoms with van der Waals surface area (Å²) in [6.45, 7) is 2.08. The fourth-order valence-electron chi connectivity index (χ4n) is 7.39. The lowest BCUT2D eigenvalue weighted by Crippen LogP contribution is -2.52. The molecule has 0 radical (unpaired) electrons. The molecule has 5 saturated carbocycles. The van der Waals surface area contributed by atoms with Crippen LogP contribution in [0.25, 0.3) is 11.3 Å². The molecule has 0 atom stereocenters. The summed E-state index contributed by atoms with van der Waals surface area (Å²) >= 11 is 0. The van der Waals surface area contributed by atoms with E-state index >= 15 is 0 Å². The summed E-state index contributed by atoms with van der Waals surface area (Å²) in [5, 5.41) is 8.70. The molecule has 0 unspecified atom stereocenters. The summed E-state index contributed by atoms with van der Waals surface area (Å²) in [4.78, 5) is 21.1. The van der Waals surface area contributed by atoms with Crippen molar-refractivity contribution in [3.05, 3.63) is 47.8 Å². The molecular formula is C32H38N4O4. The molecule has 2 bridgehead atoms. The van der Waals surface area contributed by atoms with E-state index in [9.17, 15) is 4.79 Å². The number of ether oxygens (including phenoxy) is 1. The predicted octanol–water partition coefficient (Wildman–Crippen LogP) is 6.53. The number of amides is 1. The van der Waals surface area contributed by atoms with Gasteiger partial charge in [0.1, 0.15) is 11.5 Å². The molecule has 40 heavy (non-hydrogen) atoms. The van der Waals surface area contributed by atoms with E-state index in [1.807, 2.05) is 0 Å². The molecule has 8 nitrogen and oxygen atoms in total. The Labute approximate surface area is 234 Å². The van der Waals surface area contributed by atoms with Crippen molar-refractivity contribution in [3.8, 4) is 11.3 Å². The van der Waals surface area contributed by atoms with Gasteiger partial charge < -0.3 is 18.7 Å². The number of rotatable bonds is 8. The fraction of sp³-hybridized carbons (Fsp3) is 0.625. The molecule has 0 spiro atoms. The Bertz CT molecular complexity index is 1370. The van der Waals surface area contributed by atoms with Crippen molar-refractivity contribution in [2.24, 2.45) is 11.3 Å². The molecule has 2 aromatic heterocycles. The molecule has 3 aromatic rings. The Kier molecular flexibility index (Phi) is 5.91. The highest BCUT2D eigenvalue weighted by atomic mass is 16.5. The van der Waals surface area contributed by atoms with Gasteiger partial charge in [-0.15, -0.1) is 0 Å². The standard InChI is InChI=1S/C32H38N4O4/c37-29(23-8-16-38-17-9-23)36(25-3-1-2-24(18-25)26-19-27(39-34-26)21-4-5-21)20-31-10-13-32(14-11-31,15-12-31)30-33-28(35-40-30)22-6-7-22/h1-3,18-19,21-23H,4-17,20H2. The van der Waals surface area contributed by atoms with Crippen molar-refractivity contribution < 1.29 is 18.6 Å². The Hall–Kier alpha value is -3.00. The van der Waals surface area contributed by atoms with Gasteiger partial charge in [-0.1, -0.05) is 22.4 Å². The summed E-state index contributed by atoms with van der Waals surface area (Å²) in [6, 6.07) is 10.4. The minimum absolute atomic E-state index is 0.00726. The monoisotopic (exact) mass is 542 g/mol. The lowest BCUT2D eigenvalue weighted by molar-refractivity contribution is -0.126. The highest BCUT2D eigenvalue weighted by Crippen LogP contribution is 2.58. The minimum Gasteiger partial charge on any atom is -0.381 e. The zero-order chi connectivity index (χ0) is 26.7. The zero-order valence-corrected chi connectivity index (χ0v) is 23.1. The van der Waals surface area contributed by atoms with Crippen LogP contribution in [0, 0.1) is 11.3 Å². The smallest absolute Gasteiger partial charge is 0.232 e. The van der Waals surface area contributed by atoms with Crippen LogP contribution < -0.4 is 4.90 Å². The summed E-state index contributed by atoms with van der Waals surface area (Å²) in [6.07, 6.45) is 12.7. The maximum absolute atomic E-state index is 14.2. The third-order valence-corrected chi connectivity index (χ3v) is 10.5. The van der Waals surface area contributed by atoms with Gasteiger partial charge in [0.2, 0.25) is 11.8 Å². The Balaban J connectivity index is 1.06. The topological polar surface area (TPSA) is 94.5 Å². The Morgan fingerprint density at radius 2 is 1.62 bits per heavy atom. The molecule has 1 aromatic carbocycles. The number of carbonyl (C=O) groups excluding carboxylic acids is 1. The largest absolute Gasteiger partial charge is 0.381 e. The highest BCUT2D eigenvalue weighted by Gasteiger charge is 2.53. The molecular weight excluding hydrogens is 504 g/mol. The van der Waals surface area contributed by atoms with Crippen LogP contribution in [0.5, 0.6) is 0 Å². The summed E-state index contributed by atoms with van der Waals surface area (Å²) in [5.41, 5.74) is 2.96.